The van der Waals surface area contributed by atoms with Crippen LogP contribution in [0.3, 0.4) is 0 Å². The van der Waals surface area contributed by atoms with E-state index in [1.54, 1.807) is 12.1 Å². The lowest BCUT2D eigenvalue weighted by molar-refractivity contribution is 1.00. The molecule has 1 aromatic carbocycles. The molecule has 0 aliphatic heterocycles. The molecule has 0 bridgehead atoms. The van der Waals surface area contributed by atoms with Crippen molar-refractivity contribution in [3.05, 3.63) is 44.5 Å². The van der Waals surface area contributed by atoms with Crippen molar-refractivity contribution in [1.82, 2.24) is 10.2 Å². The second-order valence-electron chi connectivity index (χ2n) is 3.84. The molecule has 0 amide bonds. The fourth-order valence-electron chi connectivity index (χ4n) is 1.41. The number of benzene rings is 1. The molecule has 3 nitrogen and oxygen atoms in total. The summed E-state index contributed by atoms with van der Waals surface area (Å²) in [7, 11) is 0. The van der Waals surface area contributed by atoms with Crippen LogP contribution in [0.4, 0.5) is 11.5 Å². The first kappa shape index (κ1) is 13.4. The maximum atomic E-state index is 5.95. The predicted octanol–water partition coefficient (Wildman–Crippen LogP) is 4.80. The summed E-state index contributed by atoms with van der Waals surface area (Å²) in [5.41, 5.74) is 2.64. The van der Waals surface area contributed by atoms with Gasteiger partial charge in [0.15, 0.2) is 11.0 Å². The van der Waals surface area contributed by atoms with E-state index >= 15 is 0 Å². The van der Waals surface area contributed by atoms with Gasteiger partial charge in [0.1, 0.15) is 0 Å². The Bertz CT molecular complexity index is 599. The average Bonchev–Trinajstić information content (AvgIpc) is 2.34. The van der Waals surface area contributed by atoms with Crippen molar-refractivity contribution in [2.45, 2.75) is 13.8 Å². The van der Waals surface area contributed by atoms with Gasteiger partial charge >= 0.3 is 0 Å². The average molecular weight is 303 g/mol. The Morgan fingerprint density at radius 3 is 2.33 bits per heavy atom. The lowest BCUT2D eigenvalue weighted by Gasteiger charge is -2.10. The van der Waals surface area contributed by atoms with Gasteiger partial charge in [0.2, 0.25) is 0 Å². The third kappa shape index (κ3) is 2.69. The van der Waals surface area contributed by atoms with Crippen LogP contribution in [-0.2, 0) is 0 Å². The van der Waals surface area contributed by atoms with Crippen molar-refractivity contribution >= 4 is 46.3 Å². The molecule has 0 aliphatic rings. The summed E-state index contributed by atoms with van der Waals surface area (Å²) in [5.74, 6) is 0.648. The molecule has 2 rings (SSSR count). The van der Waals surface area contributed by atoms with E-state index in [1.165, 1.54) is 0 Å². The molecule has 1 aromatic heterocycles. The smallest absolute Gasteiger partial charge is 0.156 e. The molecule has 0 unspecified atom stereocenters. The molecule has 0 aliphatic carbocycles. The van der Waals surface area contributed by atoms with Crippen molar-refractivity contribution in [3.63, 3.8) is 0 Å². The molecular weight excluding hydrogens is 293 g/mol. The second-order valence-corrected chi connectivity index (χ2v) is 5.02. The Kier molecular flexibility index (Phi) is 3.95. The van der Waals surface area contributed by atoms with Gasteiger partial charge in [0.05, 0.1) is 10.0 Å². The Hall–Kier alpha value is -1.03. The van der Waals surface area contributed by atoms with Gasteiger partial charge in [0.25, 0.3) is 0 Å². The minimum absolute atomic E-state index is 0.409. The minimum Gasteiger partial charge on any atom is -0.338 e. The highest BCUT2D eigenvalue weighted by Gasteiger charge is 2.08. The molecule has 1 N–H and O–H groups in total. The Morgan fingerprint density at radius 2 is 1.67 bits per heavy atom. The van der Waals surface area contributed by atoms with E-state index in [0.29, 0.717) is 21.0 Å². The van der Waals surface area contributed by atoms with E-state index in [4.69, 9.17) is 34.8 Å². The summed E-state index contributed by atoms with van der Waals surface area (Å²) in [6, 6.07) is 5.27. The number of hydrogen-bond acceptors (Lipinski definition) is 3. The van der Waals surface area contributed by atoms with Crippen LogP contribution >= 0.6 is 34.8 Å². The van der Waals surface area contributed by atoms with Crippen LogP contribution in [0.25, 0.3) is 0 Å². The van der Waals surface area contributed by atoms with Crippen LogP contribution in [0, 0.1) is 13.8 Å². The van der Waals surface area contributed by atoms with Gasteiger partial charge in [-0.2, -0.15) is 0 Å². The summed E-state index contributed by atoms with van der Waals surface area (Å²) in [6.07, 6.45) is 0. The number of nitrogens with zero attached hydrogens (tertiary/aromatic N) is 2. The van der Waals surface area contributed by atoms with Crippen LogP contribution in [0.5, 0.6) is 0 Å². The summed E-state index contributed by atoms with van der Waals surface area (Å²) < 4.78 is 0. The van der Waals surface area contributed by atoms with Crippen LogP contribution in [0.1, 0.15) is 11.1 Å². The molecule has 6 heteroatoms. The molecular formula is C12H10Cl3N3. The standard InChI is InChI=1S/C12H10Cl3N3/c1-6-7(2)12(18-17-11(6)15)16-8-3-4-9(13)10(14)5-8/h3-5H,1-2H3,(H,16,18). The zero-order valence-electron chi connectivity index (χ0n) is 9.76. The largest absolute Gasteiger partial charge is 0.338 e. The molecule has 0 spiro atoms. The molecule has 94 valence electrons. The quantitative estimate of drug-likeness (QED) is 0.866. The highest BCUT2D eigenvalue weighted by atomic mass is 35.5. The van der Waals surface area contributed by atoms with Crippen LogP contribution < -0.4 is 5.32 Å². The van der Waals surface area contributed by atoms with Crippen LogP contribution in [0.15, 0.2) is 18.2 Å². The first-order chi connectivity index (χ1) is 8.49. The van der Waals surface area contributed by atoms with Gasteiger partial charge in [-0.1, -0.05) is 34.8 Å². The molecule has 0 saturated heterocycles. The van der Waals surface area contributed by atoms with Gasteiger partial charge in [0, 0.05) is 5.69 Å². The van der Waals surface area contributed by atoms with Gasteiger partial charge < -0.3 is 5.32 Å². The summed E-state index contributed by atoms with van der Waals surface area (Å²) in [6.45, 7) is 3.82. The fourth-order valence-corrected chi connectivity index (χ4v) is 1.88. The molecule has 0 atom stereocenters. The molecule has 0 saturated carbocycles. The van der Waals surface area contributed by atoms with E-state index in [2.05, 4.69) is 15.5 Å². The van der Waals surface area contributed by atoms with Gasteiger partial charge in [-0.3, -0.25) is 0 Å². The maximum absolute atomic E-state index is 5.95. The summed E-state index contributed by atoms with van der Waals surface area (Å²) in [4.78, 5) is 0. The zero-order chi connectivity index (χ0) is 13.3. The Balaban J connectivity index is 2.34. The van der Waals surface area contributed by atoms with Gasteiger partial charge in [-0.05, 0) is 43.2 Å². The first-order valence-corrected chi connectivity index (χ1v) is 6.34. The van der Waals surface area contributed by atoms with Gasteiger partial charge in [-0.15, -0.1) is 10.2 Å². The molecule has 2 aromatic rings. The highest BCUT2D eigenvalue weighted by molar-refractivity contribution is 6.42. The highest BCUT2D eigenvalue weighted by Crippen LogP contribution is 2.28. The Morgan fingerprint density at radius 1 is 0.944 bits per heavy atom. The van der Waals surface area contributed by atoms with Crippen molar-refractivity contribution in [2.75, 3.05) is 5.32 Å². The molecule has 1 heterocycles. The molecule has 0 fully saturated rings. The number of halogens is 3. The third-order valence-corrected chi connectivity index (χ3v) is 3.75. The summed E-state index contributed by atoms with van der Waals surface area (Å²) >= 11 is 17.7. The Labute approximate surface area is 120 Å². The lowest BCUT2D eigenvalue weighted by atomic mass is 10.2. The summed E-state index contributed by atoms with van der Waals surface area (Å²) in [5, 5.41) is 12.4. The number of rotatable bonds is 2. The van der Waals surface area contributed by atoms with Crippen molar-refractivity contribution in [3.8, 4) is 0 Å². The SMILES string of the molecule is Cc1c(Cl)nnc(Nc2ccc(Cl)c(Cl)c2)c1C. The monoisotopic (exact) mass is 301 g/mol. The van der Waals surface area contributed by atoms with E-state index < -0.39 is 0 Å². The van der Waals surface area contributed by atoms with Crippen LogP contribution in [0.2, 0.25) is 15.2 Å². The minimum atomic E-state index is 0.409. The normalized spacial score (nSPS) is 10.5. The number of aromatic nitrogens is 2. The molecule has 18 heavy (non-hydrogen) atoms. The zero-order valence-corrected chi connectivity index (χ0v) is 12.0. The van der Waals surface area contributed by atoms with E-state index in [9.17, 15) is 0 Å². The first-order valence-electron chi connectivity index (χ1n) is 5.20. The second kappa shape index (κ2) is 5.31. The van der Waals surface area contributed by atoms with Crippen molar-refractivity contribution in [2.24, 2.45) is 0 Å². The predicted molar refractivity (Wildman–Crippen MR) is 76.3 cm³/mol. The van der Waals surface area contributed by atoms with E-state index in [0.717, 1.165) is 16.8 Å². The number of nitrogens with one attached hydrogen (secondary N) is 1. The van der Waals surface area contributed by atoms with Gasteiger partial charge in [-0.25, -0.2) is 0 Å². The lowest BCUT2D eigenvalue weighted by Crippen LogP contribution is -2.01. The molecule has 0 radical (unpaired) electrons. The number of hydrogen-bond donors (Lipinski definition) is 1. The maximum Gasteiger partial charge on any atom is 0.156 e. The third-order valence-electron chi connectivity index (χ3n) is 2.65. The van der Waals surface area contributed by atoms with E-state index in [1.807, 2.05) is 19.9 Å². The fraction of sp³-hybridized carbons (Fsp3) is 0.167. The van der Waals surface area contributed by atoms with Crippen molar-refractivity contribution < 1.29 is 0 Å². The topological polar surface area (TPSA) is 37.8 Å². The van der Waals surface area contributed by atoms with E-state index in [-0.39, 0.29) is 0 Å². The van der Waals surface area contributed by atoms with Crippen LogP contribution in [-0.4, -0.2) is 10.2 Å². The number of anilines is 2. The van der Waals surface area contributed by atoms with Crippen molar-refractivity contribution in [1.29, 1.82) is 0 Å².